The monoisotopic (exact) mass is 794 g/mol. The molecule has 1 saturated heterocycles. The summed E-state index contributed by atoms with van der Waals surface area (Å²) in [7, 11) is 4.03. The summed E-state index contributed by atoms with van der Waals surface area (Å²) in [5.41, 5.74) is 9.83. The topological polar surface area (TPSA) is 97.8 Å². The molecular weight excluding hydrogens is 747 g/mol. The number of aromatic carboxylic acids is 1. The molecule has 12 heteroatoms. The van der Waals surface area contributed by atoms with Crippen molar-refractivity contribution < 1.29 is 19.4 Å². The normalized spacial score (nSPS) is 17.4. The van der Waals surface area contributed by atoms with Crippen LogP contribution in [0, 0.1) is 33.6 Å². The van der Waals surface area contributed by atoms with E-state index in [1.54, 1.807) is 6.07 Å². The van der Waals surface area contributed by atoms with Gasteiger partial charge in [0.05, 0.1) is 34.0 Å². The molecule has 3 aromatic heterocycles. The zero-order valence-electron chi connectivity index (χ0n) is 33.0. The summed E-state index contributed by atoms with van der Waals surface area (Å²) in [6, 6.07) is 15.3. The molecule has 0 bridgehead atoms. The second kappa shape index (κ2) is 14.6. The van der Waals surface area contributed by atoms with E-state index in [9.17, 15) is 9.90 Å². The average molecular weight is 796 g/mol. The van der Waals surface area contributed by atoms with Crippen LogP contribution in [0.1, 0.15) is 74.9 Å². The van der Waals surface area contributed by atoms with Gasteiger partial charge < -0.3 is 28.8 Å². The molecule has 8 rings (SSSR count). The first kappa shape index (κ1) is 38.1. The van der Waals surface area contributed by atoms with E-state index in [0.29, 0.717) is 49.2 Å². The van der Waals surface area contributed by atoms with Crippen molar-refractivity contribution in [3.05, 3.63) is 98.0 Å². The minimum atomic E-state index is -0.976. The van der Waals surface area contributed by atoms with Gasteiger partial charge in [-0.05, 0) is 120 Å². The SMILES string of the molecule is Cc1cc(OCCCc2c3n(c4c(-c5c(C)nn(C)c5C)c(Cl)ccc24)C(C)CN(c2cccc4cc(C(=O)O)n(CC5CCN(C)C5)c24)C3=O)cc(C)c1Cl. The Morgan fingerprint density at radius 3 is 2.39 bits per heavy atom. The zero-order valence-corrected chi connectivity index (χ0v) is 34.6. The van der Waals surface area contributed by atoms with Crippen LogP contribution in [0.2, 0.25) is 10.0 Å². The largest absolute Gasteiger partial charge is 0.494 e. The number of nitrogens with zero attached hydrogens (tertiary/aromatic N) is 6. The highest BCUT2D eigenvalue weighted by Gasteiger charge is 2.38. The molecule has 0 aliphatic carbocycles. The number of para-hydroxylation sites is 1. The standard InChI is InChI=1S/C44H48Cl2N6O4/c1-24-18-31(19-25(2)39(24)46)56-17-9-11-32-33-13-14-34(45)38(37-27(4)47-49(7)28(37)5)41(33)52-26(3)21-51(43(53)42(32)52)35-12-8-10-30-20-36(44(54)55)50(40(30)35)23-29-15-16-48(6)22-29/h8,10,12-14,18-20,26,29H,9,11,15-17,21-23H2,1-7H3,(H,54,55). The van der Waals surface area contributed by atoms with Crippen molar-refractivity contribution >= 4 is 62.6 Å². The van der Waals surface area contributed by atoms with Gasteiger partial charge in [0.25, 0.3) is 5.91 Å². The summed E-state index contributed by atoms with van der Waals surface area (Å²) >= 11 is 13.6. The number of hydrogen-bond acceptors (Lipinski definition) is 5. The Morgan fingerprint density at radius 1 is 0.982 bits per heavy atom. The maximum Gasteiger partial charge on any atom is 0.352 e. The predicted octanol–water partition coefficient (Wildman–Crippen LogP) is 9.42. The predicted molar refractivity (Wildman–Crippen MR) is 224 cm³/mol. The van der Waals surface area contributed by atoms with Crippen molar-refractivity contribution in [2.45, 2.75) is 66.5 Å². The number of carboxylic acids is 1. The fourth-order valence-corrected chi connectivity index (χ4v) is 9.62. The van der Waals surface area contributed by atoms with Gasteiger partial charge in [-0.25, -0.2) is 4.79 Å². The van der Waals surface area contributed by atoms with E-state index >= 15 is 4.79 Å². The number of rotatable bonds is 10. The van der Waals surface area contributed by atoms with Gasteiger partial charge >= 0.3 is 5.97 Å². The van der Waals surface area contributed by atoms with Crippen molar-refractivity contribution in [3.8, 4) is 16.9 Å². The number of benzene rings is 3. The fraction of sp³-hybridized carbons (Fsp3) is 0.386. The first-order valence-corrected chi connectivity index (χ1v) is 20.1. The van der Waals surface area contributed by atoms with Crippen LogP contribution >= 0.6 is 23.2 Å². The Morgan fingerprint density at radius 2 is 1.73 bits per heavy atom. The van der Waals surface area contributed by atoms with Crippen LogP contribution in [0.4, 0.5) is 5.69 Å². The van der Waals surface area contributed by atoms with Gasteiger partial charge in [0.2, 0.25) is 0 Å². The Kier molecular flexibility index (Phi) is 9.96. The Hall–Kier alpha value is -4.77. The number of ether oxygens (including phenoxy) is 1. The highest BCUT2D eigenvalue weighted by molar-refractivity contribution is 6.35. The van der Waals surface area contributed by atoms with Crippen LogP contribution in [0.5, 0.6) is 5.75 Å². The van der Waals surface area contributed by atoms with E-state index in [1.165, 1.54) is 0 Å². The van der Waals surface area contributed by atoms with Crippen molar-refractivity contribution in [3.63, 3.8) is 0 Å². The Bertz CT molecular complexity index is 2540. The maximum absolute atomic E-state index is 15.3. The molecule has 6 aromatic rings. The molecule has 0 saturated carbocycles. The average Bonchev–Trinajstić information content (AvgIpc) is 3.90. The van der Waals surface area contributed by atoms with Crippen LogP contribution in [0.25, 0.3) is 32.9 Å². The lowest BCUT2D eigenvalue weighted by atomic mass is 9.98. The fourth-order valence-electron chi connectivity index (χ4n) is 9.26. The van der Waals surface area contributed by atoms with Crippen LogP contribution < -0.4 is 9.64 Å². The highest BCUT2D eigenvalue weighted by Crippen LogP contribution is 2.46. The molecule has 10 nitrogen and oxygen atoms in total. The molecule has 2 aliphatic heterocycles. The lowest BCUT2D eigenvalue weighted by molar-refractivity contribution is 0.0684. The van der Waals surface area contributed by atoms with E-state index in [1.807, 2.05) is 91.4 Å². The molecule has 5 heterocycles. The van der Waals surface area contributed by atoms with Crippen molar-refractivity contribution in [2.75, 3.05) is 38.2 Å². The lowest BCUT2D eigenvalue weighted by Crippen LogP contribution is -2.43. The number of aryl methyl sites for hydroxylation is 5. The molecule has 2 unspecified atom stereocenters. The number of aromatic nitrogens is 4. The highest BCUT2D eigenvalue weighted by atomic mass is 35.5. The number of carbonyl (C=O) groups excluding carboxylic acids is 1. The number of likely N-dealkylation sites (tertiary alicyclic amines) is 1. The number of halogens is 2. The van der Waals surface area contributed by atoms with E-state index in [4.69, 9.17) is 33.0 Å². The van der Waals surface area contributed by atoms with Gasteiger partial charge in [-0.3, -0.25) is 9.48 Å². The molecule has 3 aromatic carbocycles. The molecule has 0 radical (unpaired) electrons. The van der Waals surface area contributed by atoms with E-state index in [2.05, 4.69) is 23.4 Å². The summed E-state index contributed by atoms with van der Waals surface area (Å²) < 4.78 is 12.3. The van der Waals surface area contributed by atoms with Crippen molar-refractivity contribution in [1.82, 2.24) is 23.8 Å². The number of carboxylic acid groups (broad SMARTS) is 1. The lowest BCUT2D eigenvalue weighted by Gasteiger charge is -2.35. The second-order valence-electron chi connectivity index (χ2n) is 15.9. The molecule has 2 aliphatic rings. The molecular formula is C44H48Cl2N6O4. The maximum atomic E-state index is 15.3. The summed E-state index contributed by atoms with van der Waals surface area (Å²) in [4.78, 5) is 32.2. The third-order valence-corrected chi connectivity index (χ3v) is 12.8. The molecule has 2 atom stereocenters. The molecule has 56 heavy (non-hydrogen) atoms. The van der Waals surface area contributed by atoms with Crippen LogP contribution in [0.15, 0.2) is 48.5 Å². The van der Waals surface area contributed by atoms with Crippen LogP contribution in [-0.4, -0.2) is 74.1 Å². The minimum Gasteiger partial charge on any atom is -0.494 e. The first-order valence-electron chi connectivity index (χ1n) is 19.4. The van der Waals surface area contributed by atoms with Gasteiger partial charge in [-0.1, -0.05) is 41.4 Å². The quantitative estimate of drug-likeness (QED) is 0.139. The van der Waals surface area contributed by atoms with E-state index in [0.717, 1.165) is 97.0 Å². The summed E-state index contributed by atoms with van der Waals surface area (Å²) in [6.45, 7) is 13.4. The second-order valence-corrected chi connectivity index (χ2v) is 16.6. The van der Waals surface area contributed by atoms with E-state index in [-0.39, 0.29) is 17.6 Å². The summed E-state index contributed by atoms with van der Waals surface area (Å²) in [5, 5.41) is 18.2. The van der Waals surface area contributed by atoms with Crippen LogP contribution in [0.3, 0.4) is 0 Å². The number of carbonyl (C=O) groups is 2. The van der Waals surface area contributed by atoms with E-state index < -0.39 is 5.97 Å². The van der Waals surface area contributed by atoms with Crippen molar-refractivity contribution in [2.24, 2.45) is 13.0 Å². The molecule has 1 amide bonds. The number of amides is 1. The van der Waals surface area contributed by atoms with Gasteiger partial charge in [-0.15, -0.1) is 0 Å². The molecule has 292 valence electrons. The molecule has 1 fully saturated rings. The summed E-state index contributed by atoms with van der Waals surface area (Å²) in [6.07, 6.45) is 2.23. The van der Waals surface area contributed by atoms with Gasteiger partial charge in [0.15, 0.2) is 0 Å². The third kappa shape index (κ3) is 6.36. The molecule has 1 N–H and O–H groups in total. The number of fused-ring (bicyclic) bond motifs is 4. The smallest absolute Gasteiger partial charge is 0.352 e. The van der Waals surface area contributed by atoms with Gasteiger partial charge in [0.1, 0.15) is 17.1 Å². The Labute approximate surface area is 337 Å². The first-order chi connectivity index (χ1) is 26.7. The summed E-state index contributed by atoms with van der Waals surface area (Å²) in [5.74, 6) is -0.0338. The van der Waals surface area contributed by atoms with Gasteiger partial charge in [-0.2, -0.15) is 5.10 Å². The van der Waals surface area contributed by atoms with Crippen molar-refractivity contribution in [1.29, 1.82) is 0 Å². The number of hydrogen-bond donors (Lipinski definition) is 1. The van der Waals surface area contributed by atoms with Gasteiger partial charge in [0, 0.05) is 65.3 Å². The van der Waals surface area contributed by atoms with Crippen LogP contribution in [-0.2, 0) is 20.0 Å². The minimum absolute atomic E-state index is 0.126. The number of anilines is 1. The zero-order chi connectivity index (χ0) is 39.7. The Balaban J connectivity index is 1.27. The third-order valence-electron chi connectivity index (χ3n) is 11.9. The molecule has 0 spiro atoms.